The van der Waals surface area contributed by atoms with Gasteiger partial charge in [0.2, 0.25) is 11.9 Å². The summed E-state index contributed by atoms with van der Waals surface area (Å²) in [6.07, 6.45) is -4.05. The maximum absolute atomic E-state index is 12.5. The molecule has 206 valence electrons. The van der Waals surface area contributed by atoms with Crippen molar-refractivity contribution in [2.24, 2.45) is 5.92 Å². The number of carbonyl (C=O) groups excluding carboxylic acids is 3. The lowest BCUT2D eigenvalue weighted by molar-refractivity contribution is -0.136. The Morgan fingerprint density at radius 3 is 2.45 bits per heavy atom. The van der Waals surface area contributed by atoms with Gasteiger partial charge < -0.3 is 35.1 Å². The van der Waals surface area contributed by atoms with Crippen molar-refractivity contribution in [3.63, 3.8) is 0 Å². The number of carboxylic acid groups (broad SMARTS) is 2. The van der Waals surface area contributed by atoms with Gasteiger partial charge in [-0.05, 0) is 0 Å². The normalized spacial score (nSPS) is 18.7. The van der Waals surface area contributed by atoms with Crippen molar-refractivity contribution < 1.29 is 48.4 Å². The Labute approximate surface area is 212 Å². The highest BCUT2D eigenvalue weighted by molar-refractivity contribution is 5.91. The molecule has 3 amide bonds. The van der Waals surface area contributed by atoms with Crippen LogP contribution in [0, 0.1) is 5.92 Å². The predicted molar refractivity (Wildman–Crippen MR) is 123 cm³/mol. The summed E-state index contributed by atoms with van der Waals surface area (Å²) in [6.45, 7) is 1.42. The lowest BCUT2D eigenvalue weighted by Gasteiger charge is -2.18. The molecule has 0 aliphatic carbocycles. The van der Waals surface area contributed by atoms with Crippen molar-refractivity contribution >= 4 is 47.1 Å². The van der Waals surface area contributed by atoms with Gasteiger partial charge >= 0.3 is 24.1 Å². The molecule has 0 bridgehead atoms. The Morgan fingerprint density at radius 2 is 1.82 bits per heavy atom. The second kappa shape index (κ2) is 12.0. The van der Waals surface area contributed by atoms with E-state index in [1.54, 1.807) is 13.8 Å². The molecular weight excluding hydrogens is 514 g/mol. The Hall–Kier alpha value is -4.74. The number of alkyl carbamates (subject to hydrolysis) is 2. The summed E-state index contributed by atoms with van der Waals surface area (Å²) in [5.74, 6) is -3.52. The van der Waals surface area contributed by atoms with Crippen LogP contribution in [0.3, 0.4) is 0 Å². The van der Waals surface area contributed by atoms with Crippen molar-refractivity contribution in [1.29, 1.82) is 0 Å². The first-order valence-electron chi connectivity index (χ1n) is 11.2. The summed E-state index contributed by atoms with van der Waals surface area (Å²) in [5.41, 5.74) is -0.671. The van der Waals surface area contributed by atoms with Crippen molar-refractivity contribution in [1.82, 2.24) is 30.2 Å². The van der Waals surface area contributed by atoms with Crippen LogP contribution in [-0.4, -0.2) is 91.7 Å². The first-order valence-corrected chi connectivity index (χ1v) is 11.2. The summed E-state index contributed by atoms with van der Waals surface area (Å²) in [6, 6.07) is 0. The summed E-state index contributed by atoms with van der Waals surface area (Å²) in [5, 5.41) is 23.9. The van der Waals surface area contributed by atoms with Gasteiger partial charge in [0.25, 0.3) is 5.56 Å². The van der Waals surface area contributed by atoms with E-state index < -0.39 is 79.6 Å². The molecule has 2 aromatic heterocycles. The van der Waals surface area contributed by atoms with Gasteiger partial charge in [0, 0.05) is 12.3 Å². The predicted octanol–water partition coefficient (Wildman–Crippen LogP) is -1.01. The molecular formula is C20H25N7O11. The standard InChI is InChI=1S/C20H25N7O11/c1-8(2)16(32)25-18-24-15-14(17(33)26-18)23-7-27(15)11-3-9(38-20(35)22-5-13(30)31)10(37-11)6-36-19(34)21-4-12(28)29/h7-11H,3-6H2,1-2H3,(H,21,34)(H,22,35)(H,28,29)(H,30,31)(H2,24,25,26,32,33)/t9?,10-,11-/m1/s1. The minimum absolute atomic E-state index is 0.0349. The molecule has 2 aromatic rings. The maximum Gasteiger partial charge on any atom is 0.408 e. The second-order valence-electron chi connectivity index (χ2n) is 8.28. The van der Waals surface area contributed by atoms with Gasteiger partial charge in [-0.15, -0.1) is 0 Å². The van der Waals surface area contributed by atoms with E-state index in [0.717, 1.165) is 0 Å². The third kappa shape index (κ3) is 7.15. The van der Waals surface area contributed by atoms with E-state index >= 15 is 0 Å². The van der Waals surface area contributed by atoms with Crippen molar-refractivity contribution in [3.8, 4) is 0 Å². The highest BCUT2D eigenvalue weighted by Gasteiger charge is 2.40. The summed E-state index contributed by atoms with van der Waals surface area (Å²) >= 11 is 0. The van der Waals surface area contributed by atoms with Crippen LogP contribution >= 0.6 is 0 Å². The Morgan fingerprint density at radius 1 is 1.16 bits per heavy atom. The molecule has 1 aliphatic heterocycles. The molecule has 6 N–H and O–H groups in total. The lowest BCUT2D eigenvalue weighted by atomic mass is 10.2. The van der Waals surface area contributed by atoms with Crippen LogP contribution in [-0.2, 0) is 28.6 Å². The van der Waals surface area contributed by atoms with Crippen molar-refractivity contribution in [2.45, 2.75) is 38.7 Å². The quantitative estimate of drug-likeness (QED) is 0.212. The number of aromatic nitrogens is 4. The Kier molecular flexibility index (Phi) is 8.79. The monoisotopic (exact) mass is 539 g/mol. The number of rotatable bonds is 10. The van der Waals surface area contributed by atoms with Gasteiger partial charge in [-0.1, -0.05) is 13.8 Å². The number of hydrogen-bond acceptors (Lipinski definition) is 11. The molecule has 1 unspecified atom stereocenters. The van der Waals surface area contributed by atoms with Crippen LogP contribution in [0.5, 0.6) is 0 Å². The largest absolute Gasteiger partial charge is 0.480 e. The Bertz CT molecular complexity index is 1290. The fraction of sp³-hybridized carbons (Fsp3) is 0.500. The van der Waals surface area contributed by atoms with E-state index in [1.165, 1.54) is 10.9 Å². The Balaban J connectivity index is 1.81. The van der Waals surface area contributed by atoms with E-state index in [9.17, 15) is 28.8 Å². The van der Waals surface area contributed by atoms with Crippen molar-refractivity contribution in [3.05, 3.63) is 16.7 Å². The van der Waals surface area contributed by atoms with E-state index in [0.29, 0.717) is 0 Å². The topological polar surface area (TPSA) is 253 Å². The number of nitrogens with zero attached hydrogens (tertiary/aromatic N) is 3. The number of aromatic amines is 1. The fourth-order valence-corrected chi connectivity index (χ4v) is 3.29. The SMILES string of the molecule is CC(C)C(=O)Nc1nc2c(ncn2[C@H]2CC(OC(=O)NCC(=O)O)[C@@H](COC(=O)NCC(=O)O)O2)c(=O)[nH]1. The molecule has 1 fully saturated rings. The maximum atomic E-state index is 12.5. The summed E-state index contributed by atoms with van der Waals surface area (Å²) in [7, 11) is 0. The van der Waals surface area contributed by atoms with Crippen LogP contribution in [0.2, 0.25) is 0 Å². The molecule has 1 aliphatic rings. The van der Waals surface area contributed by atoms with Crippen LogP contribution in [0.1, 0.15) is 26.5 Å². The van der Waals surface area contributed by atoms with Crippen LogP contribution in [0.25, 0.3) is 11.2 Å². The van der Waals surface area contributed by atoms with Gasteiger partial charge in [-0.3, -0.25) is 34.0 Å². The number of amides is 3. The zero-order valence-corrected chi connectivity index (χ0v) is 20.1. The number of hydrogen-bond donors (Lipinski definition) is 6. The highest BCUT2D eigenvalue weighted by atomic mass is 16.6. The molecule has 0 saturated carbocycles. The minimum Gasteiger partial charge on any atom is -0.480 e. The molecule has 3 atom stereocenters. The van der Waals surface area contributed by atoms with Gasteiger partial charge in [-0.2, -0.15) is 4.98 Å². The number of nitrogens with one attached hydrogen (secondary N) is 4. The average Bonchev–Trinajstić information content (AvgIpc) is 3.44. The number of carbonyl (C=O) groups is 5. The van der Waals surface area contributed by atoms with E-state index in [1.807, 2.05) is 10.6 Å². The molecule has 0 aromatic carbocycles. The molecule has 38 heavy (non-hydrogen) atoms. The summed E-state index contributed by atoms with van der Waals surface area (Å²) < 4.78 is 17.4. The smallest absolute Gasteiger partial charge is 0.408 e. The average molecular weight is 539 g/mol. The number of anilines is 1. The number of H-pyrrole nitrogens is 1. The first kappa shape index (κ1) is 27.8. The second-order valence-corrected chi connectivity index (χ2v) is 8.28. The number of aliphatic carboxylic acids is 2. The van der Waals surface area contributed by atoms with Gasteiger partial charge in [0.15, 0.2) is 11.2 Å². The van der Waals surface area contributed by atoms with Crippen LogP contribution in [0.15, 0.2) is 11.1 Å². The van der Waals surface area contributed by atoms with E-state index in [-0.39, 0.29) is 23.5 Å². The highest BCUT2D eigenvalue weighted by Crippen LogP contribution is 2.32. The molecule has 3 rings (SSSR count). The summed E-state index contributed by atoms with van der Waals surface area (Å²) in [4.78, 5) is 80.3. The third-order valence-corrected chi connectivity index (χ3v) is 5.09. The number of imidazole rings is 1. The van der Waals surface area contributed by atoms with E-state index in [2.05, 4.69) is 20.3 Å². The zero-order valence-electron chi connectivity index (χ0n) is 20.1. The molecule has 3 heterocycles. The van der Waals surface area contributed by atoms with Crippen molar-refractivity contribution in [2.75, 3.05) is 25.0 Å². The third-order valence-electron chi connectivity index (χ3n) is 5.09. The number of fused-ring (bicyclic) bond motifs is 1. The minimum atomic E-state index is -1.31. The van der Waals surface area contributed by atoms with Gasteiger partial charge in [0.1, 0.15) is 38.1 Å². The first-order chi connectivity index (χ1) is 17.9. The molecule has 0 spiro atoms. The number of carboxylic acids is 2. The lowest BCUT2D eigenvalue weighted by Crippen LogP contribution is -2.38. The van der Waals surface area contributed by atoms with Crippen LogP contribution in [0.4, 0.5) is 15.5 Å². The van der Waals surface area contributed by atoms with E-state index in [4.69, 9.17) is 24.4 Å². The van der Waals surface area contributed by atoms with Gasteiger partial charge in [-0.25, -0.2) is 14.6 Å². The molecule has 18 nitrogen and oxygen atoms in total. The van der Waals surface area contributed by atoms with Crippen LogP contribution < -0.4 is 21.5 Å². The fourth-order valence-electron chi connectivity index (χ4n) is 3.29. The van der Waals surface area contributed by atoms with Gasteiger partial charge in [0.05, 0.1) is 6.33 Å². The molecule has 18 heteroatoms. The molecule has 0 radical (unpaired) electrons. The molecule has 1 saturated heterocycles. The number of ether oxygens (including phenoxy) is 3. The zero-order chi connectivity index (χ0) is 28.0.